The monoisotopic (exact) mass is 244 g/mol. The number of hydrogen-bond donors (Lipinski definition) is 1. The van der Waals surface area contributed by atoms with Crippen LogP contribution in [0.2, 0.25) is 0 Å². The largest absolute Gasteiger partial charge is 0.481 e. The van der Waals surface area contributed by atoms with E-state index in [0.717, 1.165) is 17.7 Å². The molecule has 0 bridgehead atoms. The van der Waals surface area contributed by atoms with E-state index in [-0.39, 0.29) is 6.42 Å². The highest BCUT2D eigenvalue weighted by Gasteiger charge is 2.06. The average Bonchev–Trinajstić information content (AvgIpc) is 2.85. The number of rotatable bonds is 5. The number of furan rings is 1. The number of aryl methyl sites for hydroxylation is 2. The van der Waals surface area contributed by atoms with Crippen molar-refractivity contribution in [3.8, 4) is 11.3 Å². The number of carboxylic acids is 1. The normalized spacial score (nSPS) is 10.5. The fraction of sp³-hybridized carbons (Fsp3) is 0.267. The second-order valence-corrected chi connectivity index (χ2v) is 4.21. The highest BCUT2D eigenvalue weighted by Crippen LogP contribution is 2.23. The number of aliphatic carboxylic acids is 1. The third-order valence-electron chi connectivity index (χ3n) is 2.89. The molecule has 0 saturated carbocycles. The van der Waals surface area contributed by atoms with Gasteiger partial charge in [-0.3, -0.25) is 4.79 Å². The van der Waals surface area contributed by atoms with Crippen molar-refractivity contribution in [3.63, 3.8) is 0 Å². The van der Waals surface area contributed by atoms with Crippen molar-refractivity contribution in [2.45, 2.75) is 26.2 Å². The summed E-state index contributed by atoms with van der Waals surface area (Å²) in [5.41, 5.74) is 2.31. The molecule has 0 atom stereocenters. The first-order valence-corrected chi connectivity index (χ1v) is 6.09. The van der Waals surface area contributed by atoms with Crippen molar-refractivity contribution in [1.29, 1.82) is 0 Å². The minimum absolute atomic E-state index is 0.0989. The molecule has 1 N–H and O–H groups in total. The van der Waals surface area contributed by atoms with Gasteiger partial charge in [0.1, 0.15) is 11.5 Å². The molecule has 0 aliphatic carbocycles. The van der Waals surface area contributed by atoms with Gasteiger partial charge in [-0.15, -0.1) is 0 Å². The van der Waals surface area contributed by atoms with Crippen LogP contribution in [0.4, 0.5) is 0 Å². The number of hydrogen-bond acceptors (Lipinski definition) is 2. The molecule has 0 aliphatic rings. The predicted molar refractivity (Wildman–Crippen MR) is 69.5 cm³/mol. The van der Waals surface area contributed by atoms with Crippen LogP contribution in [0.3, 0.4) is 0 Å². The van der Waals surface area contributed by atoms with Crippen molar-refractivity contribution < 1.29 is 14.3 Å². The third kappa shape index (κ3) is 3.00. The molecule has 2 rings (SSSR count). The van der Waals surface area contributed by atoms with Crippen LogP contribution in [0.5, 0.6) is 0 Å². The highest BCUT2D eigenvalue weighted by atomic mass is 16.4. The van der Waals surface area contributed by atoms with E-state index >= 15 is 0 Å². The summed E-state index contributed by atoms with van der Waals surface area (Å²) in [5, 5.41) is 8.61. The zero-order valence-electron chi connectivity index (χ0n) is 10.3. The molecule has 1 heterocycles. The van der Waals surface area contributed by atoms with Crippen molar-refractivity contribution in [3.05, 3.63) is 47.7 Å². The predicted octanol–water partition coefficient (Wildman–Crippen LogP) is 3.53. The Hall–Kier alpha value is -2.03. The Morgan fingerprint density at radius 2 is 1.89 bits per heavy atom. The fourth-order valence-corrected chi connectivity index (χ4v) is 1.80. The smallest absolute Gasteiger partial charge is 0.303 e. The van der Waals surface area contributed by atoms with Gasteiger partial charge in [0.2, 0.25) is 0 Å². The molecule has 0 radical (unpaired) electrons. The van der Waals surface area contributed by atoms with E-state index in [1.807, 2.05) is 24.3 Å². The number of benzene rings is 1. The Balaban J connectivity index is 2.10. The summed E-state index contributed by atoms with van der Waals surface area (Å²) in [4.78, 5) is 10.5. The van der Waals surface area contributed by atoms with Crippen molar-refractivity contribution >= 4 is 5.97 Å². The first-order chi connectivity index (χ1) is 8.69. The quantitative estimate of drug-likeness (QED) is 0.875. The summed E-state index contributed by atoms with van der Waals surface area (Å²) >= 11 is 0. The van der Waals surface area contributed by atoms with Gasteiger partial charge in [-0.2, -0.15) is 0 Å². The van der Waals surface area contributed by atoms with Crippen molar-refractivity contribution in [2.75, 3.05) is 0 Å². The molecule has 1 aromatic heterocycles. The molecular weight excluding hydrogens is 228 g/mol. The van der Waals surface area contributed by atoms with Gasteiger partial charge in [0.15, 0.2) is 0 Å². The molecule has 18 heavy (non-hydrogen) atoms. The molecule has 3 nitrogen and oxygen atoms in total. The van der Waals surface area contributed by atoms with E-state index < -0.39 is 5.97 Å². The van der Waals surface area contributed by atoms with Crippen LogP contribution in [0.15, 0.2) is 40.8 Å². The minimum Gasteiger partial charge on any atom is -0.481 e. The maximum atomic E-state index is 10.5. The van der Waals surface area contributed by atoms with Gasteiger partial charge in [-0.1, -0.05) is 31.2 Å². The first-order valence-electron chi connectivity index (χ1n) is 6.09. The summed E-state index contributed by atoms with van der Waals surface area (Å²) in [5.74, 6) is 0.699. The van der Waals surface area contributed by atoms with Gasteiger partial charge >= 0.3 is 5.97 Å². The van der Waals surface area contributed by atoms with Crippen molar-refractivity contribution in [2.24, 2.45) is 0 Å². The van der Waals surface area contributed by atoms with Gasteiger partial charge in [-0.25, -0.2) is 0 Å². The highest BCUT2D eigenvalue weighted by molar-refractivity contribution is 5.67. The molecule has 0 unspecified atom stereocenters. The van der Waals surface area contributed by atoms with Crippen LogP contribution < -0.4 is 0 Å². The Labute approximate surface area is 106 Å². The van der Waals surface area contributed by atoms with Gasteiger partial charge in [0.25, 0.3) is 0 Å². The standard InChI is InChI=1S/C15H16O3/c1-2-11-3-5-12(6-4-11)14-9-7-13(18-14)8-10-15(16)17/h3-7,9H,2,8,10H2,1H3,(H,16,17). The van der Waals surface area contributed by atoms with E-state index in [1.165, 1.54) is 5.56 Å². The van der Waals surface area contributed by atoms with Crippen molar-refractivity contribution in [1.82, 2.24) is 0 Å². The van der Waals surface area contributed by atoms with Crippen LogP contribution in [0.25, 0.3) is 11.3 Å². The minimum atomic E-state index is -0.805. The maximum absolute atomic E-state index is 10.5. The Morgan fingerprint density at radius 3 is 2.50 bits per heavy atom. The van der Waals surface area contributed by atoms with Crippen LogP contribution in [0, 0.1) is 0 Å². The average molecular weight is 244 g/mol. The van der Waals surface area contributed by atoms with Gasteiger partial charge < -0.3 is 9.52 Å². The Morgan fingerprint density at radius 1 is 1.17 bits per heavy atom. The second kappa shape index (κ2) is 5.54. The molecule has 0 saturated heterocycles. The molecule has 2 aromatic rings. The molecule has 0 spiro atoms. The molecule has 0 fully saturated rings. The topological polar surface area (TPSA) is 50.4 Å². The zero-order chi connectivity index (χ0) is 13.0. The Bertz CT molecular complexity index is 523. The van der Waals surface area contributed by atoms with E-state index in [1.54, 1.807) is 0 Å². The third-order valence-corrected chi connectivity index (χ3v) is 2.89. The van der Waals surface area contributed by atoms with Crippen LogP contribution in [-0.2, 0) is 17.6 Å². The lowest BCUT2D eigenvalue weighted by atomic mass is 10.1. The summed E-state index contributed by atoms with van der Waals surface area (Å²) in [6, 6.07) is 11.9. The van der Waals surface area contributed by atoms with Crippen LogP contribution >= 0.6 is 0 Å². The summed E-state index contributed by atoms with van der Waals surface area (Å²) in [7, 11) is 0. The van der Waals surface area contributed by atoms with E-state index in [2.05, 4.69) is 19.1 Å². The fourth-order valence-electron chi connectivity index (χ4n) is 1.80. The summed E-state index contributed by atoms with van der Waals surface area (Å²) < 4.78 is 5.63. The molecule has 94 valence electrons. The van der Waals surface area contributed by atoms with Gasteiger partial charge in [-0.05, 0) is 24.1 Å². The zero-order valence-corrected chi connectivity index (χ0v) is 10.3. The molecule has 1 aromatic carbocycles. The Kier molecular flexibility index (Phi) is 3.82. The lowest BCUT2D eigenvalue weighted by Crippen LogP contribution is -1.96. The van der Waals surface area contributed by atoms with Crippen LogP contribution in [-0.4, -0.2) is 11.1 Å². The van der Waals surface area contributed by atoms with Crippen LogP contribution in [0.1, 0.15) is 24.7 Å². The summed E-state index contributed by atoms with van der Waals surface area (Å²) in [6.45, 7) is 2.12. The van der Waals surface area contributed by atoms with E-state index in [0.29, 0.717) is 12.2 Å². The van der Waals surface area contributed by atoms with E-state index in [9.17, 15) is 4.79 Å². The SMILES string of the molecule is CCc1ccc(-c2ccc(CCC(=O)O)o2)cc1. The molecule has 3 heteroatoms. The number of carbonyl (C=O) groups is 1. The lowest BCUT2D eigenvalue weighted by molar-refractivity contribution is -0.137. The lowest BCUT2D eigenvalue weighted by Gasteiger charge is -1.99. The molecule has 0 amide bonds. The first kappa shape index (κ1) is 12.4. The van der Waals surface area contributed by atoms with E-state index in [4.69, 9.17) is 9.52 Å². The molecular formula is C15H16O3. The van der Waals surface area contributed by atoms with Gasteiger partial charge in [0.05, 0.1) is 6.42 Å². The summed E-state index contributed by atoms with van der Waals surface area (Å²) in [6.07, 6.45) is 1.55. The molecule has 0 aliphatic heterocycles. The number of carboxylic acid groups (broad SMARTS) is 1. The van der Waals surface area contributed by atoms with Gasteiger partial charge in [0, 0.05) is 12.0 Å². The maximum Gasteiger partial charge on any atom is 0.303 e. The second-order valence-electron chi connectivity index (χ2n) is 4.21.